The molecule has 1 heterocycles. The van der Waals surface area contributed by atoms with Crippen molar-refractivity contribution in [3.8, 4) is 5.75 Å². The number of aromatic nitrogens is 2. The second kappa shape index (κ2) is 11.1. The molecule has 2 amide bonds. The predicted octanol–water partition coefficient (Wildman–Crippen LogP) is 2.92. The molecule has 1 aliphatic carbocycles. The number of methoxy groups -OCH3 is 1. The highest BCUT2D eigenvalue weighted by molar-refractivity contribution is 5.99. The Morgan fingerprint density at radius 3 is 2.11 bits per heavy atom. The number of carbonyl (C=O) groups is 3. The fourth-order valence-electron chi connectivity index (χ4n) is 4.05. The van der Waals surface area contributed by atoms with Gasteiger partial charge in [0.1, 0.15) is 18.1 Å². The maximum atomic E-state index is 13.6. The molecule has 1 aliphatic rings. The molecular formula is C28H30N4O4. The van der Waals surface area contributed by atoms with Gasteiger partial charge in [-0.25, -0.2) is 9.97 Å². The first kappa shape index (κ1) is 25.0. The number of rotatable bonds is 11. The molecule has 186 valence electrons. The van der Waals surface area contributed by atoms with Gasteiger partial charge in [0, 0.05) is 24.2 Å². The van der Waals surface area contributed by atoms with Crippen LogP contribution in [0, 0.1) is 5.41 Å². The van der Waals surface area contributed by atoms with E-state index in [1.807, 2.05) is 49.4 Å². The summed E-state index contributed by atoms with van der Waals surface area (Å²) >= 11 is 0. The van der Waals surface area contributed by atoms with E-state index < -0.39 is 29.3 Å². The Morgan fingerprint density at radius 1 is 0.889 bits per heavy atom. The van der Waals surface area contributed by atoms with Gasteiger partial charge in [0.2, 0.25) is 5.91 Å². The van der Waals surface area contributed by atoms with Crippen molar-refractivity contribution in [3.63, 3.8) is 0 Å². The molecule has 36 heavy (non-hydrogen) atoms. The molecule has 0 spiro atoms. The Labute approximate surface area is 210 Å². The minimum Gasteiger partial charge on any atom is -0.497 e. The smallest absolute Gasteiger partial charge is 0.255 e. The molecule has 0 radical (unpaired) electrons. The molecule has 1 fully saturated rings. The van der Waals surface area contributed by atoms with Crippen LogP contribution < -0.4 is 15.4 Å². The largest absolute Gasteiger partial charge is 0.497 e. The highest BCUT2D eigenvalue weighted by Crippen LogP contribution is 2.46. The van der Waals surface area contributed by atoms with E-state index in [4.69, 9.17) is 4.74 Å². The fourth-order valence-corrected chi connectivity index (χ4v) is 4.05. The Balaban J connectivity index is 1.55. The van der Waals surface area contributed by atoms with Crippen molar-refractivity contribution < 1.29 is 19.1 Å². The van der Waals surface area contributed by atoms with Crippen LogP contribution in [0.15, 0.2) is 73.3 Å². The first-order valence-electron chi connectivity index (χ1n) is 12.0. The number of Topliss-reactive ketones (excluding diaryl/α,β-unsaturated/α-hetero) is 1. The second-order valence-corrected chi connectivity index (χ2v) is 9.38. The molecule has 1 saturated carbocycles. The summed E-state index contributed by atoms with van der Waals surface area (Å²) in [6.07, 6.45) is 6.35. The molecule has 0 bridgehead atoms. The van der Waals surface area contributed by atoms with Gasteiger partial charge in [0.15, 0.2) is 5.78 Å². The van der Waals surface area contributed by atoms with Gasteiger partial charge >= 0.3 is 0 Å². The van der Waals surface area contributed by atoms with Crippen molar-refractivity contribution in [2.45, 2.75) is 44.7 Å². The van der Waals surface area contributed by atoms with Crippen LogP contribution in [-0.2, 0) is 22.4 Å². The Kier molecular flexibility index (Phi) is 7.73. The normalized spacial score (nSPS) is 15.3. The summed E-state index contributed by atoms with van der Waals surface area (Å²) < 4.78 is 5.22. The molecule has 8 nitrogen and oxygen atoms in total. The zero-order chi connectivity index (χ0) is 25.5. The van der Waals surface area contributed by atoms with E-state index in [0.29, 0.717) is 12.2 Å². The monoisotopic (exact) mass is 486 g/mol. The summed E-state index contributed by atoms with van der Waals surface area (Å²) in [5.41, 5.74) is 1.62. The van der Waals surface area contributed by atoms with Gasteiger partial charge in [-0.15, -0.1) is 0 Å². The van der Waals surface area contributed by atoms with E-state index in [9.17, 15) is 14.4 Å². The Morgan fingerprint density at radius 2 is 1.50 bits per heavy atom. The Hall–Kier alpha value is -4.07. The Bertz CT molecular complexity index is 1200. The average molecular weight is 487 g/mol. The van der Waals surface area contributed by atoms with Gasteiger partial charge in [0.25, 0.3) is 5.91 Å². The van der Waals surface area contributed by atoms with E-state index in [0.717, 1.165) is 24.0 Å². The zero-order valence-electron chi connectivity index (χ0n) is 20.4. The van der Waals surface area contributed by atoms with Crippen molar-refractivity contribution in [1.29, 1.82) is 0 Å². The van der Waals surface area contributed by atoms with E-state index in [-0.39, 0.29) is 17.8 Å². The first-order valence-corrected chi connectivity index (χ1v) is 12.0. The summed E-state index contributed by atoms with van der Waals surface area (Å²) in [6.45, 7) is 1.94. The van der Waals surface area contributed by atoms with Crippen LogP contribution in [0.25, 0.3) is 0 Å². The van der Waals surface area contributed by atoms with E-state index >= 15 is 0 Å². The van der Waals surface area contributed by atoms with Gasteiger partial charge in [-0.1, -0.05) is 49.4 Å². The molecule has 4 rings (SSSR count). The molecule has 1 aromatic heterocycles. The lowest BCUT2D eigenvalue weighted by Gasteiger charge is -2.25. The van der Waals surface area contributed by atoms with Crippen molar-refractivity contribution in [2.24, 2.45) is 5.41 Å². The molecule has 0 aliphatic heterocycles. The average Bonchev–Trinajstić information content (AvgIpc) is 3.67. The van der Waals surface area contributed by atoms with Gasteiger partial charge in [-0.3, -0.25) is 14.4 Å². The molecule has 2 atom stereocenters. The van der Waals surface area contributed by atoms with Crippen LogP contribution >= 0.6 is 0 Å². The van der Waals surface area contributed by atoms with Crippen LogP contribution in [0.4, 0.5) is 0 Å². The summed E-state index contributed by atoms with van der Waals surface area (Å²) in [6, 6.07) is 15.3. The van der Waals surface area contributed by atoms with Crippen molar-refractivity contribution in [3.05, 3.63) is 90.0 Å². The van der Waals surface area contributed by atoms with Crippen molar-refractivity contribution in [1.82, 2.24) is 20.6 Å². The number of ether oxygens (including phenoxy) is 1. The lowest BCUT2D eigenvalue weighted by atomic mass is 9.92. The van der Waals surface area contributed by atoms with Crippen molar-refractivity contribution >= 4 is 17.6 Å². The lowest BCUT2D eigenvalue weighted by Crippen LogP contribution is -2.54. The lowest BCUT2D eigenvalue weighted by molar-refractivity contribution is -0.131. The third kappa shape index (κ3) is 6.33. The number of nitrogens with one attached hydrogen (secondary N) is 2. The SMILES string of the molecule is COc1ccc(C[C@H](NC(=O)c2cncnc2)C(=O)N[C@@H](Cc2ccccc2)C(=O)C2(C)CC2)cc1. The maximum Gasteiger partial charge on any atom is 0.255 e. The number of amides is 2. The molecule has 2 aromatic carbocycles. The number of benzene rings is 2. The predicted molar refractivity (Wildman–Crippen MR) is 134 cm³/mol. The number of ketones is 1. The standard InChI is InChI=1S/C28H30N4O4/c1-28(12-13-28)25(33)23(14-19-6-4-3-5-7-19)31-27(35)24(15-20-8-10-22(36-2)11-9-20)32-26(34)21-16-29-18-30-17-21/h3-11,16-18,23-24H,12-15H2,1-2H3,(H,31,35)(H,32,34)/t23-,24-/m0/s1. The minimum atomic E-state index is -0.913. The zero-order valence-corrected chi connectivity index (χ0v) is 20.4. The summed E-state index contributed by atoms with van der Waals surface area (Å²) in [4.78, 5) is 47.5. The van der Waals surface area contributed by atoms with Crippen molar-refractivity contribution in [2.75, 3.05) is 7.11 Å². The van der Waals surface area contributed by atoms with Crippen LogP contribution in [0.5, 0.6) is 5.75 Å². The fraction of sp³-hybridized carbons (Fsp3) is 0.321. The molecule has 0 unspecified atom stereocenters. The molecule has 0 saturated heterocycles. The quantitative estimate of drug-likeness (QED) is 0.431. The van der Waals surface area contributed by atoms with Gasteiger partial charge < -0.3 is 15.4 Å². The van der Waals surface area contributed by atoms with Gasteiger partial charge in [0.05, 0.1) is 18.7 Å². The van der Waals surface area contributed by atoms with Crippen LogP contribution in [0.2, 0.25) is 0 Å². The number of hydrogen-bond donors (Lipinski definition) is 2. The maximum absolute atomic E-state index is 13.6. The number of hydrogen-bond acceptors (Lipinski definition) is 6. The number of nitrogens with zero attached hydrogens (tertiary/aromatic N) is 2. The molecule has 8 heteroatoms. The molecule has 2 N–H and O–H groups in total. The van der Waals surface area contributed by atoms with E-state index in [2.05, 4.69) is 20.6 Å². The minimum absolute atomic E-state index is 0.0192. The highest BCUT2D eigenvalue weighted by atomic mass is 16.5. The van der Waals surface area contributed by atoms with Crippen LogP contribution in [0.3, 0.4) is 0 Å². The summed E-state index contributed by atoms with van der Waals surface area (Å²) in [5.74, 6) is -0.180. The molecule has 3 aromatic rings. The summed E-state index contributed by atoms with van der Waals surface area (Å²) in [7, 11) is 1.58. The number of carbonyl (C=O) groups excluding carboxylic acids is 3. The van der Waals surface area contributed by atoms with E-state index in [1.54, 1.807) is 19.2 Å². The van der Waals surface area contributed by atoms with Crippen LogP contribution in [-0.4, -0.2) is 46.8 Å². The second-order valence-electron chi connectivity index (χ2n) is 9.38. The third-order valence-electron chi connectivity index (χ3n) is 6.55. The van der Waals surface area contributed by atoms with E-state index in [1.165, 1.54) is 18.7 Å². The topological polar surface area (TPSA) is 110 Å². The highest BCUT2D eigenvalue weighted by Gasteiger charge is 2.48. The third-order valence-corrected chi connectivity index (χ3v) is 6.55. The summed E-state index contributed by atoms with van der Waals surface area (Å²) in [5, 5.41) is 5.75. The first-order chi connectivity index (χ1) is 17.4. The molecular weight excluding hydrogens is 456 g/mol. The van der Waals surface area contributed by atoms with Crippen LogP contribution in [0.1, 0.15) is 41.3 Å². The van der Waals surface area contributed by atoms with Gasteiger partial charge in [-0.05, 0) is 42.5 Å². The van der Waals surface area contributed by atoms with Gasteiger partial charge in [-0.2, -0.15) is 0 Å².